The molecule has 0 spiro atoms. The molecule has 0 unspecified atom stereocenters. The first kappa shape index (κ1) is 12.1. The van der Waals surface area contributed by atoms with Crippen molar-refractivity contribution in [3.63, 3.8) is 0 Å². The third kappa shape index (κ3) is 1.90. The van der Waals surface area contributed by atoms with E-state index in [1.54, 1.807) is 0 Å². The van der Waals surface area contributed by atoms with Gasteiger partial charge in [-0.2, -0.15) is 0 Å². The topological polar surface area (TPSA) is 12.9 Å². The molecular weight excluding hydrogens is 254 g/mol. The monoisotopic (exact) mass is 269 g/mol. The van der Waals surface area contributed by atoms with Crippen LogP contribution in [0.25, 0.3) is 32.8 Å². The number of pyridine rings is 1. The van der Waals surface area contributed by atoms with Crippen LogP contribution in [-0.4, -0.2) is 4.98 Å². The minimum Gasteiger partial charge on any atom is -0.256 e. The first-order valence-electron chi connectivity index (χ1n) is 7.17. The van der Waals surface area contributed by atoms with E-state index in [0.717, 1.165) is 5.52 Å². The van der Waals surface area contributed by atoms with Gasteiger partial charge in [0.1, 0.15) is 0 Å². The molecule has 1 nitrogen and oxygen atoms in total. The van der Waals surface area contributed by atoms with Gasteiger partial charge in [-0.05, 0) is 46.5 Å². The van der Waals surface area contributed by atoms with Gasteiger partial charge in [-0.25, -0.2) is 0 Å². The molecule has 0 aliphatic heterocycles. The number of aryl methyl sites for hydroxylation is 1. The van der Waals surface area contributed by atoms with Crippen molar-refractivity contribution in [3.05, 3.63) is 78.5 Å². The lowest BCUT2D eigenvalue weighted by Crippen LogP contribution is -1.89. The molecule has 1 aromatic heterocycles. The zero-order valence-corrected chi connectivity index (χ0v) is 11.9. The van der Waals surface area contributed by atoms with Gasteiger partial charge in [0.25, 0.3) is 0 Å². The third-order valence-corrected chi connectivity index (χ3v) is 4.06. The van der Waals surface area contributed by atoms with Gasteiger partial charge in [0.05, 0.1) is 5.52 Å². The van der Waals surface area contributed by atoms with Crippen molar-refractivity contribution in [2.45, 2.75) is 6.92 Å². The van der Waals surface area contributed by atoms with Gasteiger partial charge in [-0.1, -0.05) is 54.6 Å². The highest BCUT2D eigenvalue weighted by atomic mass is 14.6. The Bertz CT molecular complexity index is 949. The predicted octanol–water partition coefficient (Wildman–Crippen LogP) is 5.36. The molecule has 0 bridgehead atoms. The summed E-state index contributed by atoms with van der Waals surface area (Å²) in [6.07, 6.45) is 1.90. The maximum Gasteiger partial charge on any atom is 0.0708 e. The summed E-state index contributed by atoms with van der Waals surface area (Å²) < 4.78 is 0. The van der Waals surface area contributed by atoms with Crippen molar-refractivity contribution in [2.75, 3.05) is 0 Å². The Morgan fingerprint density at radius 2 is 1.48 bits per heavy atom. The van der Waals surface area contributed by atoms with Crippen LogP contribution in [-0.2, 0) is 0 Å². The van der Waals surface area contributed by atoms with Crippen LogP contribution in [0.4, 0.5) is 0 Å². The van der Waals surface area contributed by atoms with Crippen molar-refractivity contribution in [3.8, 4) is 11.1 Å². The summed E-state index contributed by atoms with van der Waals surface area (Å²) in [5.74, 6) is 0. The summed E-state index contributed by atoms with van der Waals surface area (Å²) in [6.45, 7) is 2.18. The second-order valence-corrected chi connectivity index (χ2v) is 5.35. The molecule has 100 valence electrons. The van der Waals surface area contributed by atoms with Crippen LogP contribution in [0.2, 0.25) is 0 Å². The number of benzene rings is 3. The molecule has 0 atom stereocenters. The number of fused-ring (bicyclic) bond motifs is 2. The molecule has 4 aromatic rings. The summed E-state index contributed by atoms with van der Waals surface area (Å²) >= 11 is 0. The number of aromatic nitrogens is 1. The molecule has 0 saturated heterocycles. The Hall–Kier alpha value is -2.67. The van der Waals surface area contributed by atoms with Crippen molar-refractivity contribution in [2.24, 2.45) is 0 Å². The van der Waals surface area contributed by atoms with Gasteiger partial charge in [-0.3, -0.25) is 4.98 Å². The standard InChI is InChI=1S/C20H15N/c1-14-10-11-15-6-2-3-7-16(15)20(14)18-12-13-21-19-9-5-4-8-17(18)19/h2-13H,1H3. The Morgan fingerprint density at radius 3 is 2.38 bits per heavy atom. The fraction of sp³-hybridized carbons (Fsp3) is 0.0500. The SMILES string of the molecule is Cc1ccc2ccccc2c1-c1ccnc2ccccc12. The van der Waals surface area contributed by atoms with Crippen molar-refractivity contribution in [1.29, 1.82) is 0 Å². The Morgan fingerprint density at radius 1 is 0.714 bits per heavy atom. The highest BCUT2D eigenvalue weighted by Crippen LogP contribution is 2.35. The number of hydrogen-bond acceptors (Lipinski definition) is 1. The summed E-state index contributed by atoms with van der Waals surface area (Å²) in [5, 5.41) is 3.78. The summed E-state index contributed by atoms with van der Waals surface area (Å²) in [4.78, 5) is 4.48. The van der Waals surface area contributed by atoms with Gasteiger partial charge in [-0.15, -0.1) is 0 Å². The Kier molecular flexibility index (Phi) is 2.71. The van der Waals surface area contributed by atoms with Crippen molar-refractivity contribution < 1.29 is 0 Å². The van der Waals surface area contributed by atoms with E-state index in [2.05, 4.69) is 72.6 Å². The van der Waals surface area contributed by atoms with E-state index in [9.17, 15) is 0 Å². The zero-order valence-electron chi connectivity index (χ0n) is 11.9. The van der Waals surface area contributed by atoms with Gasteiger partial charge >= 0.3 is 0 Å². The van der Waals surface area contributed by atoms with Crippen LogP contribution in [0.1, 0.15) is 5.56 Å². The molecule has 0 aliphatic rings. The second-order valence-electron chi connectivity index (χ2n) is 5.35. The summed E-state index contributed by atoms with van der Waals surface area (Å²) in [7, 11) is 0. The molecule has 1 heteroatoms. The highest BCUT2D eigenvalue weighted by Gasteiger charge is 2.10. The molecule has 0 N–H and O–H groups in total. The quantitative estimate of drug-likeness (QED) is 0.453. The predicted molar refractivity (Wildman–Crippen MR) is 89.4 cm³/mol. The highest BCUT2D eigenvalue weighted by molar-refractivity contribution is 6.05. The molecule has 0 fully saturated rings. The molecule has 3 aromatic carbocycles. The first-order chi connectivity index (χ1) is 10.3. The van der Waals surface area contributed by atoms with Gasteiger partial charge in [0, 0.05) is 11.6 Å². The molecule has 0 saturated carbocycles. The van der Waals surface area contributed by atoms with Crippen molar-refractivity contribution >= 4 is 21.7 Å². The third-order valence-electron chi connectivity index (χ3n) is 4.06. The number of nitrogens with zero attached hydrogens (tertiary/aromatic N) is 1. The maximum absolute atomic E-state index is 4.48. The van der Waals surface area contributed by atoms with Crippen LogP contribution in [0.3, 0.4) is 0 Å². The lowest BCUT2D eigenvalue weighted by Gasteiger charge is -2.13. The zero-order chi connectivity index (χ0) is 14.2. The molecule has 0 aliphatic carbocycles. The molecule has 1 heterocycles. The van der Waals surface area contributed by atoms with Crippen LogP contribution in [0, 0.1) is 6.92 Å². The van der Waals surface area contributed by atoms with E-state index in [-0.39, 0.29) is 0 Å². The molecule has 4 rings (SSSR count). The first-order valence-corrected chi connectivity index (χ1v) is 7.17. The average Bonchev–Trinajstić information content (AvgIpc) is 2.54. The number of rotatable bonds is 1. The number of para-hydroxylation sites is 1. The van der Waals surface area contributed by atoms with Crippen LogP contribution >= 0.6 is 0 Å². The lowest BCUT2D eigenvalue weighted by atomic mass is 9.92. The largest absolute Gasteiger partial charge is 0.256 e. The van der Waals surface area contributed by atoms with E-state index in [4.69, 9.17) is 0 Å². The van der Waals surface area contributed by atoms with E-state index in [1.165, 1.54) is 32.8 Å². The lowest BCUT2D eigenvalue weighted by molar-refractivity contribution is 1.40. The average molecular weight is 269 g/mol. The summed E-state index contributed by atoms with van der Waals surface area (Å²) in [5.41, 5.74) is 4.91. The minimum atomic E-state index is 1.04. The molecule has 21 heavy (non-hydrogen) atoms. The second kappa shape index (κ2) is 4.71. The maximum atomic E-state index is 4.48. The van der Waals surface area contributed by atoms with E-state index in [0.29, 0.717) is 0 Å². The van der Waals surface area contributed by atoms with E-state index in [1.807, 2.05) is 12.3 Å². The summed E-state index contributed by atoms with van der Waals surface area (Å²) in [6, 6.07) is 23.4. The Balaban J connectivity index is 2.16. The normalized spacial score (nSPS) is 11.1. The number of hydrogen-bond donors (Lipinski definition) is 0. The fourth-order valence-electron chi connectivity index (χ4n) is 3.05. The van der Waals surface area contributed by atoms with Gasteiger partial charge in [0.15, 0.2) is 0 Å². The van der Waals surface area contributed by atoms with Gasteiger partial charge in [0.2, 0.25) is 0 Å². The smallest absolute Gasteiger partial charge is 0.0708 e. The van der Waals surface area contributed by atoms with E-state index >= 15 is 0 Å². The van der Waals surface area contributed by atoms with Crippen LogP contribution < -0.4 is 0 Å². The van der Waals surface area contributed by atoms with Gasteiger partial charge < -0.3 is 0 Å². The molecule has 0 radical (unpaired) electrons. The van der Waals surface area contributed by atoms with Crippen LogP contribution in [0.15, 0.2) is 72.9 Å². The van der Waals surface area contributed by atoms with E-state index < -0.39 is 0 Å². The fourth-order valence-corrected chi connectivity index (χ4v) is 3.05. The Labute approximate surface area is 123 Å². The van der Waals surface area contributed by atoms with Crippen molar-refractivity contribution in [1.82, 2.24) is 4.98 Å². The minimum absolute atomic E-state index is 1.04. The molecule has 0 amide bonds. The van der Waals surface area contributed by atoms with Crippen LogP contribution in [0.5, 0.6) is 0 Å². The molecular formula is C20H15N.